The number of fused-ring (bicyclic) bond motifs is 2. The lowest BCUT2D eigenvalue weighted by atomic mass is 10.1. The minimum atomic E-state index is -0.589. The normalized spacial score (nSPS) is 13.0. The molecule has 0 saturated heterocycles. The van der Waals surface area contributed by atoms with Gasteiger partial charge in [-0.25, -0.2) is 4.79 Å². The largest absolute Gasteiger partial charge is 0.454 e. The van der Waals surface area contributed by atoms with E-state index in [1.54, 1.807) is 30.3 Å². The van der Waals surface area contributed by atoms with Crippen LogP contribution in [0.1, 0.15) is 11.1 Å². The third-order valence-electron chi connectivity index (χ3n) is 3.86. The van der Waals surface area contributed by atoms with E-state index in [-0.39, 0.29) is 6.79 Å². The number of rotatable bonds is 2. The molecule has 2 heterocycles. The Balaban J connectivity index is 1.81. The molecular weight excluding hydrogens is 310 g/mol. The minimum absolute atomic E-state index is 0.180. The van der Waals surface area contributed by atoms with Crippen LogP contribution < -0.4 is 20.7 Å². The fourth-order valence-corrected chi connectivity index (χ4v) is 2.58. The van der Waals surface area contributed by atoms with Crippen molar-refractivity contribution in [1.29, 1.82) is 0 Å². The molecule has 2 aromatic carbocycles. The number of hydrogen-bond donors (Lipinski definition) is 1. The van der Waals surface area contributed by atoms with Gasteiger partial charge in [0, 0.05) is 5.56 Å². The van der Waals surface area contributed by atoms with E-state index in [0.717, 1.165) is 15.8 Å². The van der Waals surface area contributed by atoms with Gasteiger partial charge in [0.05, 0.1) is 17.1 Å². The fraction of sp³-hybridized carbons (Fsp3) is 0.118. The molecule has 3 aromatic rings. The van der Waals surface area contributed by atoms with Crippen molar-refractivity contribution in [1.82, 2.24) is 9.66 Å². The highest BCUT2D eigenvalue weighted by atomic mass is 16.7. The van der Waals surface area contributed by atoms with E-state index >= 15 is 0 Å². The van der Waals surface area contributed by atoms with Gasteiger partial charge in [-0.05, 0) is 36.8 Å². The summed E-state index contributed by atoms with van der Waals surface area (Å²) in [5, 5.41) is 4.45. The average Bonchev–Trinajstić information content (AvgIpc) is 3.01. The number of aryl methyl sites for hydroxylation is 1. The second-order valence-electron chi connectivity index (χ2n) is 5.40. The van der Waals surface area contributed by atoms with Gasteiger partial charge < -0.3 is 14.5 Å². The fourth-order valence-electron chi connectivity index (χ4n) is 2.58. The maximum absolute atomic E-state index is 12.4. The van der Waals surface area contributed by atoms with E-state index in [9.17, 15) is 9.59 Å². The lowest BCUT2D eigenvalue weighted by Gasteiger charge is -2.03. The summed E-state index contributed by atoms with van der Waals surface area (Å²) >= 11 is 0. The topological polar surface area (TPSA) is 85.7 Å². The van der Waals surface area contributed by atoms with Crippen molar-refractivity contribution >= 4 is 17.1 Å². The first kappa shape index (κ1) is 14.3. The summed E-state index contributed by atoms with van der Waals surface area (Å²) in [4.78, 5) is 27.2. The first-order valence-corrected chi connectivity index (χ1v) is 7.32. The molecule has 1 aromatic heterocycles. The number of ether oxygens (including phenoxy) is 2. The second kappa shape index (κ2) is 5.38. The van der Waals surface area contributed by atoms with Crippen LogP contribution in [0.15, 0.2) is 51.1 Å². The van der Waals surface area contributed by atoms with Crippen molar-refractivity contribution in [3.8, 4) is 11.5 Å². The zero-order chi connectivity index (χ0) is 16.7. The number of benzene rings is 2. The third kappa shape index (κ3) is 2.26. The van der Waals surface area contributed by atoms with Crippen LogP contribution >= 0.6 is 0 Å². The van der Waals surface area contributed by atoms with Gasteiger partial charge >= 0.3 is 5.69 Å². The van der Waals surface area contributed by atoms with Gasteiger partial charge in [0.15, 0.2) is 11.5 Å². The predicted molar refractivity (Wildman–Crippen MR) is 89.1 cm³/mol. The highest BCUT2D eigenvalue weighted by molar-refractivity contribution is 5.83. The molecule has 0 aliphatic carbocycles. The van der Waals surface area contributed by atoms with Crippen LogP contribution in [-0.2, 0) is 0 Å². The molecule has 0 saturated carbocycles. The summed E-state index contributed by atoms with van der Waals surface area (Å²) in [6.45, 7) is 2.07. The van der Waals surface area contributed by atoms with Gasteiger partial charge in [-0.3, -0.25) is 4.79 Å². The maximum Gasteiger partial charge on any atom is 0.349 e. The Bertz CT molecular complexity index is 1100. The van der Waals surface area contributed by atoms with Crippen LogP contribution in [0, 0.1) is 6.92 Å². The maximum atomic E-state index is 12.4. The molecule has 0 bridgehead atoms. The molecule has 24 heavy (non-hydrogen) atoms. The Morgan fingerprint density at radius 2 is 1.92 bits per heavy atom. The lowest BCUT2D eigenvalue weighted by Crippen LogP contribution is -2.32. The first-order valence-electron chi connectivity index (χ1n) is 7.32. The summed E-state index contributed by atoms with van der Waals surface area (Å²) in [5.41, 5.74) is 1.06. The molecule has 0 unspecified atom stereocenters. The van der Waals surface area contributed by atoms with Crippen molar-refractivity contribution in [2.75, 3.05) is 6.79 Å². The molecule has 1 N–H and O–H groups in total. The average molecular weight is 323 g/mol. The van der Waals surface area contributed by atoms with Crippen LogP contribution in [0.2, 0.25) is 0 Å². The van der Waals surface area contributed by atoms with Gasteiger partial charge in [-0.15, -0.1) is 4.68 Å². The number of nitrogens with zero attached hydrogens (tertiary/aromatic N) is 2. The second-order valence-corrected chi connectivity index (χ2v) is 5.40. The highest BCUT2D eigenvalue weighted by Crippen LogP contribution is 2.34. The Morgan fingerprint density at radius 1 is 1.17 bits per heavy atom. The molecule has 0 fully saturated rings. The molecular formula is C17H13N3O4. The SMILES string of the molecule is Cc1cc2c(cc1C=Nn1c(=O)[nH]c3ccccc3c1=O)OCO2. The molecule has 120 valence electrons. The van der Waals surface area contributed by atoms with Crippen LogP contribution in [0.3, 0.4) is 0 Å². The molecule has 1 aliphatic rings. The van der Waals surface area contributed by atoms with E-state index in [1.807, 2.05) is 13.0 Å². The number of aromatic amines is 1. The Labute approximate surface area is 135 Å². The van der Waals surface area contributed by atoms with E-state index in [2.05, 4.69) is 10.1 Å². The van der Waals surface area contributed by atoms with Gasteiger partial charge in [-0.2, -0.15) is 5.10 Å². The van der Waals surface area contributed by atoms with E-state index < -0.39 is 11.2 Å². The predicted octanol–water partition coefficient (Wildman–Crippen LogP) is 1.61. The zero-order valence-electron chi connectivity index (χ0n) is 12.8. The first-order chi connectivity index (χ1) is 11.6. The molecule has 0 atom stereocenters. The molecule has 7 nitrogen and oxygen atoms in total. The Kier molecular flexibility index (Phi) is 3.19. The van der Waals surface area contributed by atoms with E-state index in [1.165, 1.54) is 6.21 Å². The number of para-hydroxylation sites is 1. The summed E-state index contributed by atoms with van der Waals surface area (Å²) in [6, 6.07) is 10.4. The number of H-pyrrole nitrogens is 1. The zero-order valence-corrected chi connectivity index (χ0v) is 12.8. The quantitative estimate of drug-likeness (QED) is 0.726. The smallest absolute Gasteiger partial charge is 0.349 e. The monoisotopic (exact) mass is 323 g/mol. The summed E-state index contributed by atoms with van der Waals surface area (Å²) in [7, 11) is 0. The summed E-state index contributed by atoms with van der Waals surface area (Å²) in [6.07, 6.45) is 1.46. The third-order valence-corrected chi connectivity index (χ3v) is 3.86. The van der Waals surface area contributed by atoms with Crippen molar-refractivity contribution in [2.45, 2.75) is 6.92 Å². The van der Waals surface area contributed by atoms with Crippen molar-refractivity contribution in [2.24, 2.45) is 5.10 Å². The summed E-state index contributed by atoms with van der Waals surface area (Å²) < 4.78 is 11.4. The van der Waals surface area contributed by atoms with Crippen LogP contribution in [0.25, 0.3) is 10.9 Å². The van der Waals surface area contributed by atoms with Crippen LogP contribution in [0.5, 0.6) is 11.5 Å². The number of hydrogen-bond acceptors (Lipinski definition) is 5. The summed E-state index contributed by atoms with van der Waals surface area (Å²) in [5.74, 6) is 1.28. The standard InChI is InChI=1S/C17H13N3O4/c1-10-6-14-15(24-9-23-14)7-11(10)8-18-20-16(21)12-4-2-3-5-13(12)19-17(20)22/h2-8H,9H2,1H3,(H,19,22). The molecule has 0 amide bonds. The van der Waals surface area contributed by atoms with Crippen molar-refractivity contribution in [3.63, 3.8) is 0 Å². The van der Waals surface area contributed by atoms with Gasteiger partial charge in [0.1, 0.15) is 0 Å². The molecule has 1 aliphatic heterocycles. The van der Waals surface area contributed by atoms with Gasteiger partial charge in [0.2, 0.25) is 6.79 Å². The molecule has 4 rings (SSSR count). The van der Waals surface area contributed by atoms with Gasteiger partial charge in [0.25, 0.3) is 5.56 Å². The van der Waals surface area contributed by atoms with Crippen molar-refractivity contribution in [3.05, 3.63) is 68.4 Å². The molecule has 0 radical (unpaired) electrons. The molecule has 0 spiro atoms. The minimum Gasteiger partial charge on any atom is -0.454 e. The lowest BCUT2D eigenvalue weighted by molar-refractivity contribution is 0.174. The highest BCUT2D eigenvalue weighted by Gasteiger charge is 2.15. The van der Waals surface area contributed by atoms with Crippen LogP contribution in [0.4, 0.5) is 0 Å². The van der Waals surface area contributed by atoms with Gasteiger partial charge in [-0.1, -0.05) is 12.1 Å². The van der Waals surface area contributed by atoms with Crippen molar-refractivity contribution < 1.29 is 9.47 Å². The molecule has 7 heteroatoms. The Hall–Kier alpha value is -3.35. The van der Waals surface area contributed by atoms with E-state index in [4.69, 9.17) is 9.47 Å². The van der Waals surface area contributed by atoms with Crippen LogP contribution in [-0.4, -0.2) is 22.7 Å². The number of aromatic nitrogens is 2. The number of nitrogens with one attached hydrogen (secondary N) is 1. The Morgan fingerprint density at radius 3 is 2.75 bits per heavy atom. The van der Waals surface area contributed by atoms with E-state index in [0.29, 0.717) is 22.4 Å².